The molecule has 0 aliphatic heterocycles. The SMILES string of the molecule is CCCCCOc1ccc(NC(=O)c2cncc(Br)c2)cc1. The number of carbonyl (C=O) groups excluding carboxylic acids is 1. The van der Waals surface area contributed by atoms with Crippen molar-refractivity contribution >= 4 is 27.5 Å². The van der Waals surface area contributed by atoms with E-state index in [4.69, 9.17) is 4.74 Å². The van der Waals surface area contributed by atoms with E-state index in [9.17, 15) is 4.79 Å². The van der Waals surface area contributed by atoms with Crippen LogP contribution in [0.5, 0.6) is 5.75 Å². The zero-order chi connectivity index (χ0) is 15.8. The van der Waals surface area contributed by atoms with Crippen LogP contribution in [0.15, 0.2) is 47.2 Å². The van der Waals surface area contributed by atoms with Crippen LogP contribution in [-0.2, 0) is 0 Å². The number of nitrogens with one attached hydrogen (secondary N) is 1. The normalized spacial score (nSPS) is 10.3. The minimum Gasteiger partial charge on any atom is -0.494 e. The molecule has 22 heavy (non-hydrogen) atoms. The van der Waals surface area contributed by atoms with Gasteiger partial charge in [-0.1, -0.05) is 19.8 Å². The number of hydrogen-bond donors (Lipinski definition) is 1. The second-order valence-corrected chi connectivity index (χ2v) is 5.84. The average Bonchev–Trinajstić information content (AvgIpc) is 2.53. The monoisotopic (exact) mass is 362 g/mol. The van der Waals surface area contributed by atoms with Gasteiger partial charge in [0.2, 0.25) is 0 Å². The van der Waals surface area contributed by atoms with Crippen LogP contribution in [0.4, 0.5) is 5.69 Å². The van der Waals surface area contributed by atoms with Gasteiger partial charge in [0.15, 0.2) is 0 Å². The van der Waals surface area contributed by atoms with Crippen molar-refractivity contribution in [3.63, 3.8) is 0 Å². The lowest BCUT2D eigenvalue weighted by Gasteiger charge is -2.08. The van der Waals surface area contributed by atoms with E-state index >= 15 is 0 Å². The molecule has 2 rings (SSSR count). The van der Waals surface area contributed by atoms with Gasteiger partial charge in [0.25, 0.3) is 5.91 Å². The third-order valence-corrected chi connectivity index (χ3v) is 3.53. The van der Waals surface area contributed by atoms with Crippen molar-refractivity contribution in [3.8, 4) is 5.75 Å². The fourth-order valence-electron chi connectivity index (χ4n) is 1.92. The van der Waals surface area contributed by atoms with Crippen molar-refractivity contribution in [2.45, 2.75) is 26.2 Å². The van der Waals surface area contributed by atoms with Crippen molar-refractivity contribution in [1.82, 2.24) is 4.98 Å². The highest BCUT2D eigenvalue weighted by Crippen LogP contribution is 2.17. The summed E-state index contributed by atoms with van der Waals surface area (Å²) in [6.07, 6.45) is 6.59. The molecule has 1 heterocycles. The van der Waals surface area contributed by atoms with E-state index in [0.717, 1.165) is 28.9 Å². The number of hydrogen-bond acceptors (Lipinski definition) is 3. The molecular formula is C17H19BrN2O2. The smallest absolute Gasteiger partial charge is 0.257 e. The van der Waals surface area contributed by atoms with Crippen LogP contribution in [0.2, 0.25) is 0 Å². The Morgan fingerprint density at radius 2 is 2.00 bits per heavy atom. The summed E-state index contributed by atoms with van der Waals surface area (Å²) in [7, 11) is 0. The first-order chi connectivity index (χ1) is 10.7. The van der Waals surface area contributed by atoms with Crippen LogP contribution in [-0.4, -0.2) is 17.5 Å². The Kier molecular flexibility index (Phi) is 6.40. The van der Waals surface area contributed by atoms with Crippen LogP contribution in [0.1, 0.15) is 36.5 Å². The van der Waals surface area contributed by atoms with Gasteiger partial charge in [0, 0.05) is 22.6 Å². The minimum absolute atomic E-state index is 0.189. The average molecular weight is 363 g/mol. The molecule has 1 N–H and O–H groups in total. The highest BCUT2D eigenvalue weighted by atomic mass is 79.9. The van der Waals surface area contributed by atoms with E-state index in [-0.39, 0.29) is 5.91 Å². The first-order valence-electron chi connectivity index (χ1n) is 7.34. The number of benzene rings is 1. The largest absolute Gasteiger partial charge is 0.494 e. The van der Waals surface area contributed by atoms with Crippen LogP contribution < -0.4 is 10.1 Å². The molecule has 0 fully saturated rings. The molecule has 0 aliphatic rings. The predicted octanol–water partition coefficient (Wildman–Crippen LogP) is 4.67. The number of carbonyl (C=O) groups is 1. The Balaban J connectivity index is 1.89. The summed E-state index contributed by atoms with van der Waals surface area (Å²) in [4.78, 5) is 16.1. The second-order valence-electron chi connectivity index (χ2n) is 4.93. The number of anilines is 1. The quantitative estimate of drug-likeness (QED) is 0.728. The van der Waals surface area contributed by atoms with Gasteiger partial charge in [-0.2, -0.15) is 0 Å². The molecule has 4 nitrogen and oxygen atoms in total. The fourth-order valence-corrected chi connectivity index (χ4v) is 2.28. The number of nitrogens with zero attached hydrogens (tertiary/aromatic N) is 1. The van der Waals surface area contributed by atoms with E-state index in [2.05, 4.69) is 33.2 Å². The molecule has 1 amide bonds. The van der Waals surface area contributed by atoms with Gasteiger partial charge in [-0.15, -0.1) is 0 Å². The van der Waals surface area contributed by atoms with E-state index in [1.165, 1.54) is 19.0 Å². The number of rotatable bonds is 7. The molecule has 2 aromatic rings. The highest BCUT2D eigenvalue weighted by molar-refractivity contribution is 9.10. The lowest BCUT2D eigenvalue weighted by molar-refractivity contribution is 0.102. The molecule has 0 bridgehead atoms. The number of amides is 1. The molecule has 0 unspecified atom stereocenters. The van der Waals surface area contributed by atoms with Gasteiger partial charge in [0.1, 0.15) is 5.75 Å². The summed E-state index contributed by atoms with van der Waals surface area (Å²) in [6, 6.07) is 9.12. The van der Waals surface area contributed by atoms with Gasteiger partial charge in [-0.3, -0.25) is 9.78 Å². The zero-order valence-electron chi connectivity index (χ0n) is 12.5. The van der Waals surface area contributed by atoms with Gasteiger partial charge < -0.3 is 10.1 Å². The Hall–Kier alpha value is -1.88. The zero-order valence-corrected chi connectivity index (χ0v) is 14.1. The molecule has 0 aliphatic carbocycles. The number of unbranched alkanes of at least 4 members (excludes halogenated alkanes) is 2. The van der Waals surface area contributed by atoms with Crippen molar-refractivity contribution in [2.24, 2.45) is 0 Å². The second kappa shape index (κ2) is 8.54. The summed E-state index contributed by atoms with van der Waals surface area (Å²) >= 11 is 3.30. The maximum Gasteiger partial charge on any atom is 0.257 e. The van der Waals surface area contributed by atoms with Crippen molar-refractivity contribution in [1.29, 1.82) is 0 Å². The molecule has 0 spiro atoms. The summed E-state index contributed by atoms with van der Waals surface area (Å²) in [5.74, 6) is 0.628. The van der Waals surface area contributed by atoms with Crippen molar-refractivity contribution in [2.75, 3.05) is 11.9 Å². The van der Waals surface area contributed by atoms with Gasteiger partial charge in [-0.25, -0.2) is 0 Å². The third kappa shape index (κ3) is 5.15. The maximum atomic E-state index is 12.1. The maximum absolute atomic E-state index is 12.1. The van der Waals surface area contributed by atoms with Crippen LogP contribution in [0, 0.1) is 0 Å². The van der Waals surface area contributed by atoms with Crippen molar-refractivity contribution in [3.05, 3.63) is 52.8 Å². The van der Waals surface area contributed by atoms with Crippen LogP contribution in [0.3, 0.4) is 0 Å². The fraction of sp³-hybridized carbons (Fsp3) is 0.294. The number of halogens is 1. The molecule has 0 saturated carbocycles. The summed E-state index contributed by atoms with van der Waals surface area (Å²) in [5.41, 5.74) is 1.24. The molecular weight excluding hydrogens is 344 g/mol. The Bertz CT molecular complexity index is 614. The molecule has 1 aromatic heterocycles. The lowest BCUT2D eigenvalue weighted by Crippen LogP contribution is -2.12. The molecule has 0 saturated heterocycles. The number of pyridine rings is 1. The van der Waals surface area contributed by atoms with Crippen molar-refractivity contribution < 1.29 is 9.53 Å². The van der Waals surface area contributed by atoms with Gasteiger partial charge in [-0.05, 0) is 52.7 Å². The van der Waals surface area contributed by atoms with E-state index in [1.54, 1.807) is 12.3 Å². The highest BCUT2D eigenvalue weighted by Gasteiger charge is 2.07. The van der Waals surface area contributed by atoms with E-state index < -0.39 is 0 Å². The Morgan fingerprint density at radius 1 is 1.23 bits per heavy atom. The molecule has 0 radical (unpaired) electrons. The Labute approximate surface area is 139 Å². The number of aromatic nitrogens is 1. The number of ether oxygens (including phenoxy) is 1. The van der Waals surface area contributed by atoms with Gasteiger partial charge >= 0.3 is 0 Å². The standard InChI is InChI=1S/C17H19BrN2O2/c1-2-3-4-9-22-16-7-5-15(6-8-16)20-17(21)13-10-14(18)12-19-11-13/h5-8,10-12H,2-4,9H2,1H3,(H,20,21). The molecule has 0 atom stereocenters. The predicted molar refractivity (Wildman–Crippen MR) is 91.4 cm³/mol. The summed E-state index contributed by atoms with van der Waals surface area (Å²) in [6.45, 7) is 2.89. The first kappa shape index (κ1) is 16.5. The van der Waals surface area contributed by atoms with Gasteiger partial charge in [0.05, 0.1) is 12.2 Å². The summed E-state index contributed by atoms with van der Waals surface area (Å²) < 4.78 is 6.41. The minimum atomic E-state index is -0.189. The van der Waals surface area contributed by atoms with E-state index in [0.29, 0.717) is 5.56 Å². The van der Waals surface area contributed by atoms with E-state index in [1.807, 2.05) is 24.3 Å². The Morgan fingerprint density at radius 3 is 2.68 bits per heavy atom. The molecule has 1 aromatic carbocycles. The topological polar surface area (TPSA) is 51.2 Å². The molecule has 5 heteroatoms. The molecule has 116 valence electrons. The lowest BCUT2D eigenvalue weighted by atomic mass is 10.2. The third-order valence-electron chi connectivity index (χ3n) is 3.10. The summed E-state index contributed by atoms with van der Waals surface area (Å²) in [5, 5.41) is 2.83. The van der Waals surface area contributed by atoms with Crippen LogP contribution in [0.25, 0.3) is 0 Å². The first-order valence-corrected chi connectivity index (χ1v) is 8.13. The van der Waals surface area contributed by atoms with Crippen LogP contribution >= 0.6 is 15.9 Å².